The largest absolute Gasteiger partial charge is 0.488 e. The van der Waals surface area contributed by atoms with E-state index in [4.69, 9.17) is 9.84 Å². The molecule has 1 fully saturated rings. The van der Waals surface area contributed by atoms with Crippen molar-refractivity contribution in [1.82, 2.24) is 10.2 Å². The van der Waals surface area contributed by atoms with Gasteiger partial charge in [0.2, 0.25) is 5.91 Å². The zero-order valence-electron chi connectivity index (χ0n) is 20.4. The molecule has 1 saturated heterocycles. The van der Waals surface area contributed by atoms with E-state index < -0.39 is 30.4 Å². The molecule has 1 aliphatic rings. The molecule has 0 atom stereocenters. The monoisotopic (exact) mass is 577 g/mol. The zero-order valence-corrected chi connectivity index (χ0v) is 21.9. The van der Waals surface area contributed by atoms with Crippen molar-refractivity contribution in [2.75, 3.05) is 11.9 Å². The van der Waals surface area contributed by atoms with Crippen molar-refractivity contribution >= 4 is 51.5 Å². The maximum atomic E-state index is 12.8. The Morgan fingerprint density at radius 2 is 1.87 bits per heavy atom. The van der Waals surface area contributed by atoms with Crippen LogP contribution in [0.5, 0.6) is 5.75 Å². The summed E-state index contributed by atoms with van der Waals surface area (Å²) < 4.78 is 6.40. The Labute approximate surface area is 227 Å². The second-order valence-electron chi connectivity index (χ2n) is 8.42. The quantitative estimate of drug-likeness (QED) is 0.247. The average Bonchev–Trinajstić information content (AvgIpc) is 3.15. The molecule has 38 heavy (non-hydrogen) atoms. The predicted octanol–water partition coefficient (Wildman–Crippen LogP) is 4.82. The molecule has 0 aliphatic carbocycles. The van der Waals surface area contributed by atoms with Gasteiger partial charge in [-0.15, -0.1) is 0 Å². The number of nitrogens with zero attached hydrogens (tertiary/aromatic N) is 1. The number of amides is 4. The van der Waals surface area contributed by atoms with Crippen molar-refractivity contribution in [1.29, 1.82) is 0 Å². The minimum Gasteiger partial charge on any atom is -0.488 e. The molecule has 0 unspecified atom stereocenters. The Bertz CT molecular complexity index is 1450. The molecule has 4 amide bonds. The third-order valence-electron chi connectivity index (χ3n) is 5.77. The zero-order chi connectivity index (χ0) is 27.2. The second kappa shape index (κ2) is 11.7. The fraction of sp³-hybridized carbons (Fsp3) is 0.143. The van der Waals surface area contributed by atoms with Crippen molar-refractivity contribution in [3.05, 3.63) is 99.2 Å². The Balaban J connectivity index is 1.40. The number of aromatic carboxylic acids is 1. The van der Waals surface area contributed by atoms with Crippen LogP contribution in [0.15, 0.2) is 76.9 Å². The lowest BCUT2D eigenvalue weighted by Gasteiger charge is -2.13. The molecule has 3 N–H and O–H groups in total. The van der Waals surface area contributed by atoms with Gasteiger partial charge in [-0.2, -0.15) is 0 Å². The fourth-order valence-electron chi connectivity index (χ4n) is 3.84. The molecule has 9 nitrogen and oxygen atoms in total. The van der Waals surface area contributed by atoms with Crippen molar-refractivity contribution in [2.45, 2.75) is 20.0 Å². The van der Waals surface area contributed by atoms with Crippen LogP contribution in [-0.4, -0.2) is 40.4 Å². The topological polar surface area (TPSA) is 125 Å². The van der Waals surface area contributed by atoms with E-state index in [-0.39, 0.29) is 17.9 Å². The highest BCUT2D eigenvalue weighted by Crippen LogP contribution is 2.28. The van der Waals surface area contributed by atoms with Crippen LogP contribution in [-0.2, 0) is 22.6 Å². The number of hydrogen-bond acceptors (Lipinski definition) is 5. The highest BCUT2D eigenvalue weighted by atomic mass is 79.9. The second-order valence-corrected chi connectivity index (χ2v) is 9.28. The Hall–Kier alpha value is -4.44. The van der Waals surface area contributed by atoms with Crippen molar-refractivity contribution in [3.63, 3.8) is 0 Å². The fourth-order valence-corrected chi connectivity index (χ4v) is 4.36. The number of halogens is 1. The van der Waals surface area contributed by atoms with Crippen LogP contribution >= 0.6 is 15.9 Å². The number of imide groups is 1. The summed E-state index contributed by atoms with van der Waals surface area (Å²) in [5.74, 6) is -1.59. The number of ether oxygens (including phenoxy) is 1. The number of benzene rings is 3. The first-order valence-corrected chi connectivity index (χ1v) is 12.5. The van der Waals surface area contributed by atoms with Crippen LogP contribution in [0.25, 0.3) is 6.08 Å². The lowest BCUT2D eigenvalue weighted by atomic mass is 10.1. The number of anilines is 1. The first-order chi connectivity index (χ1) is 18.2. The standard InChI is InChI=1S/C28H24BrN3O6/c1-2-19-7-3-4-9-22(19)30-25(33)15-32-26(34)23(31-28(32)37)14-17-10-11-24(21(29)13-17)38-16-18-6-5-8-20(12-18)27(35)36/h3-14H,2,15-16H2,1H3,(H,30,33)(H,31,37)(H,35,36)/b23-14+. The molecule has 0 bridgehead atoms. The number of carbonyl (C=O) groups excluding carboxylic acids is 3. The molecule has 0 saturated carbocycles. The summed E-state index contributed by atoms with van der Waals surface area (Å²) in [7, 11) is 0. The summed E-state index contributed by atoms with van der Waals surface area (Å²) in [5, 5.41) is 14.4. The van der Waals surface area contributed by atoms with Crippen molar-refractivity contribution in [3.8, 4) is 5.75 Å². The highest BCUT2D eigenvalue weighted by Gasteiger charge is 2.35. The molecular weight excluding hydrogens is 554 g/mol. The molecule has 4 rings (SSSR count). The number of para-hydroxylation sites is 1. The van der Waals surface area contributed by atoms with Gasteiger partial charge < -0.3 is 20.5 Å². The number of aryl methyl sites for hydroxylation is 1. The van der Waals surface area contributed by atoms with Crippen LogP contribution in [0.4, 0.5) is 10.5 Å². The van der Waals surface area contributed by atoms with Crippen LogP contribution in [0.2, 0.25) is 0 Å². The van der Waals surface area contributed by atoms with E-state index in [1.807, 2.05) is 19.1 Å². The van der Waals surface area contributed by atoms with Gasteiger partial charge in [0.05, 0.1) is 10.0 Å². The smallest absolute Gasteiger partial charge is 0.335 e. The minimum atomic E-state index is -1.01. The SMILES string of the molecule is CCc1ccccc1NC(=O)CN1C(=O)N/C(=C/c2ccc(OCc3cccc(C(=O)O)c3)c(Br)c2)C1=O. The van der Waals surface area contributed by atoms with Gasteiger partial charge in [-0.3, -0.25) is 9.59 Å². The summed E-state index contributed by atoms with van der Waals surface area (Å²) in [4.78, 5) is 49.8. The number of carboxylic acids is 1. The summed E-state index contributed by atoms with van der Waals surface area (Å²) >= 11 is 3.44. The van der Waals surface area contributed by atoms with Gasteiger partial charge in [0, 0.05) is 5.69 Å². The van der Waals surface area contributed by atoms with Gasteiger partial charge in [-0.05, 0) is 75.4 Å². The van der Waals surface area contributed by atoms with Gasteiger partial charge in [0.1, 0.15) is 24.6 Å². The van der Waals surface area contributed by atoms with E-state index in [0.717, 1.165) is 16.9 Å². The summed E-state index contributed by atoms with van der Waals surface area (Å²) in [6.45, 7) is 1.71. The molecule has 10 heteroatoms. The van der Waals surface area contributed by atoms with Crippen molar-refractivity contribution < 1.29 is 29.0 Å². The molecule has 1 aliphatic heterocycles. The number of carbonyl (C=O) groups is 4. The molecule has 3 aromatic rings. The van der Waals surface area contributed by atoms with E-state index in [9.17, 15) is 19.2 Å². The molecule has 194 valence electrons. The predicted molar refractivity (Wildman–Crippen MR) is 145 cm³/mol. The molecular formula is C28H24BrN3O6. The molecule has 1 heterocycles. The van der Waals surface area contributed by atoms with Gasteiger partial charge in [-0.1, -0.05) is 43.3 Å². The van der Waals surface area contributed by atoms with Crippen LogP contribution < -0.4 is 15.4 Å². The normalized spacial score (nSPS) is 13.9. The highest BCUT2D eigenvalue weighted by molar-refractivity contribution is 9.10. The van der Waals surface area contributed by atoms with Gasteiger partial charge in [0.25, 0.3) is 5.91 Å². The van der Waals surface area contributed by atoms with E-state index >= 15 is 0 Å². The van der Waals surface area contributed by atoms with Gasteiger partial charge in [-0.25, -0.2) is 14.5 Å². The molecule has 3 aromatic carbocycles. The lowest BCUT2D eigenvalue weighted by Crippen LogP contribution is -2.38. The summed E-state index contributed by atoms with van der Waals surface area (Å²) in [6, 6.07) is 18.2. The first-order valence-electron chi connectivity index (χ1n) is 11.7. The van der Waals surface area contributed by atoms with Crippen LogP contribution in [0.3, 0.4) is 0 Å². The molecule has 0 spiro atoms. The maximum absolute atomic E-state index is 12.8. The maximum Gasteiger partial charge on any atom is 0.335 e. The molecule has 0 aromatic heterocycles. The minimum absolute atomic E-state index is 0.0443. The van der Waals surface area contributed by atoms with Gasteiger partial charge >= 0.3 is 12.0 Å². The van der Waals surface area contributed by atoms with Crippen LogP contribution in [0.1, 0.15) is 34.0 Å². The number of nitrogens with one attached hydrogen (secondary N) is 2. The Morgan fingerprint density at radius 1 is 1.08 bits per heavy atom. The van der Waals surface area contributed by atoms with Gasteiger partial charge in [0.15, 0.2) is 0 Å². The third-order valence-corrected chi connectivity index (χ3v) is 6.39. The van der Waals surface area contributed by atoms with E-state index in [1.165, 1.54) is 18.2 Å². The lowest BCUT2D eigenvalue weighted by molar-refractivity contribution is -0.127. The van der Waals surface area contributed by atoms with E-state index in [2.05, 4.69) is 26.6 Å². The summed E-state index contributed by atoms with van der Waals surface area (Å²) in [6.07, 6.45) is 2.24. The first kappa shape index (κ1) is 26.6. The molecule has 0 radical (unpaired) electrons. The van der Waals surface area contributed by atoms with Crippen molar-refractivity contribution in [2.24, 2.45) is 0 Å². The van der Waals surface area contributed by atoms with E-state index in [0.29, 0.717) is 27.0 Å². The van der Waals surface area contributed by atoms with Crippen LogP contribution in [0, 0.1) is 0 Å². The van der Waals surface area contributed by atoms with E-state index in [1.54, 1.807) is 42.5 Å². The number of rotatable bonds is 9. The Kier molecular flexibility index (Phi) is 8.22. The third kappa shape index (κ3) is 6.27. The number of urea groups is 1. The Morgan fingerprint density at radius 3 is 2.61 bits per heavy atom. The average molecular weight is 578 g/mol. The number of hydrogen-bond donors (Lipinski definition) is 3. The number of carboxylic acid groups (broad SMARTS) is 1. The summed E-state index contributed by atoms with van der Waals surface area (Å²) in [5.41, 5.74) is 3.12.